The molecule has 0 saturated carbocycles. The van der Waals surface area contributed by atoms with E-state index >= 15 is 4.39 Å². The van der Waals surface area contributed by atoms with Crippen LogP contribution in [0, 0.1) is 34.4 Å². The average molecular weight is 510 g/mol. The van der Waals surface area contributed by atoms with E-state index in [4.69, 9.17) is 4.52 Å². The second-order valence-electron chi connectivity index (χ2n) is 10.2. The molecular weight excluding hydrogens is 484 g/mol. The smallest absolute Gasteiger partial charge is 0.214 e. The van der Waals surface area contributed by atoms with Gasteiger partial charge in [0, 0.05) is 24.6 Å². The first kappa shape index (κ1) is 25.3. The lowest BCUT2D eigenvalue weighted by molar-refractivity contribution is 0.00814. The number of nitriles is 2. The van der Waals surface area contributed by atoms with Crippen molar-refractivity contribution in [3.05, 3.63) is 107 Å². The topological polar surface area (TPSA) is 89.7 Å². The van der Waals surface area contributed by atoms with E-state index in [0.717, 1.165) is 11.1 Å². The SMILES string of the molecule is CC(C)(F)C(c1cc(F)cc(-c2ncon2)c1)C1CN(C(c2ccc(C#N)cc2)c2cccc(C#N)c2)C1. The monoisotopic (exact) mass is 509 g/mol. The largest absolute Gasteiger partial charge is 0.342 e. The third-order valence-corrected chi connectivity index (χ3v) is 7.10. The molecular formula is C30H25F2N5O. The molecule has 38 heavy (non-hydrogen) atoms. The highest BCUT2D eigenvalue weighted by Gasteiger charge is 2.45. The maximum Gasteiger partial charge on any atom is 0.214 e. The van der Waals surface area contributed by atoms with E-state index < -0.39 is 17.4 Å². The van der Waals surface area contributed by atoms with Gasteiger partial charge < -0.3 is 4.52 Å². The molecule has 5 rings (SSSR count). The maximum atomic E-state index is 15.7. The van der Waals surface area contributed by atoms with Gasteiger partial charge in [0.05, 0.1) is 29.3 Å². The Morgan fingerprint density at radius 2 is 1.68 bits per heavy atom. The van der Waals surface area contributed by atoms with Crippen LogP contribution in [0.15, 0.2) is 77.6 Å². The van der Waals surface area contributed by atoms with Gasteiger partial charge in [0.1, 0.15) is 11.5 Å². The van der Waals surface area contributed by atoms with E-state index in [9.17, 15) is 14.9 Å². The first-order chi connectivity index (χ1) is 18.3. The number of likely N-dealkylation sites (tertiary alicyclic amines) is 1. The lowest BCUT2D eigenvalue weighted by Gasteiger charge is -2.50. The minimum atomic E-state index is -1.62. The molecule has 3 aromatic carbocycles. The minimum absolute atomic E-state index is 0.0880. The van der Waals surface area contributed by atoms with Crippen molar-refractivity contribution in [1.82, 2.24) is 15.0 Å². The first-order valence-electron chi connectivity index (χ1n) is 12.3. The Hall–Kier alpha value is -4.40. The maximum absolute atomic E-state index is 15.7. The summed E-state index contributed by atoms with van der Waals surface area (Å²) in [4.78, 5) is 6.23. The molecule has 0 spiro atoms. The summed E-state index contributed by atoms with van der Waals surface area (Å²) >= 11 is 0. The fourth-order valence-electron chi connectivity index (χ4n) is 5.55. The molecule has 1 aliphatic rings. The van der Waals surface area contributed by atoms with Crippen LogP contribution < -0.4 is 0 Å². The van der Waals surface area contributed by atoms with Crippen molar-refractivity contribution in [2.75, 3.05) is 13.1 Å². The second kappa shape index (κ2) is 10.2. The summed E-state index contributed by atoms with van der Waals surface area (Å²) in [5.41, 5.74) is 2.37. The van der Waals surface area contributed by atoms with E-state index in [-0.39, 0.29) is 17.8 Å². The molecule has 2 heterocycles. The van der Waals surface area contributed by atoms with Crippen LogP contribution in [0.2, 0.25) is 0 Å². The van der Waals surface area contributed by atoms with Crippen molar-refractivity contribution >= 4 is 0 Å². The Kier molecular flexibility index (Phi) is 6.75. The van der Waals surface area contributed by atoms with Crippen molar-refractivity contribution in [2.45, 2.75) is 31.5 Å². The number of hydrogen-bond acceptors (Lipinski definition) is 6. The molecule has 4 aromatic rings. The van der Waals surface area contributed by atoms with Crippen LogP contribution >= 0.6 is 0 Å². The minimum Gasteiger partial charge on any atom is -0.342 e. The van der Waals surface area contributed by atoms with E-state index in [0.29, 0.717) is 35.3 Å². The average Bonchev–Trinajstić information content (AvgIpc) is 3.42. The standard InChI is InChI=1S/C30H25F2N5O/c1-30(2,32)27(23-11-24(13-26(31)12-23)29-35-18-38-36-29)25-16-37(17-25)28(21-8-6-19(14-33)7-9-21)22-5-3-4-20(10-22)15-34/h3-13,18,25,27-28H,16-17H2,1-2H3. The van der Waals surface area contributed by atoms with Crippen LogP contribution in [0.4, 0.5) is 8.78 Å². The lowest BCUT2D eigenvalue weighted by atomic mass is 9.72. The van der Waals surface area contributed by atoms with Crippen LogP contribution in [0.5, 0.6) is 0 Å². The zero-order valence-electron chi connectivity index (χ0n) is 21.0. The van der Waals surface area contributed by atoms with E-state index in [1.165, 1.54) is 32.4 Å². The van der Waals surface area contributed by atoms with E-state index in [1.54, 1.807) is 24.3 Å². The van der Waals surface area contributed by atoms with Crippen molar-refractivity contribution < 1.29 is 13.3 Å². The van der Waals surface area contributed by atoms with Crippen LogP contribution in [-0.4, -0.2) is 33.8 Å². The molecule has 0 bridgehead atoms. The van der Waals surface area contributed by atoms with E-state index in [1.807, 2.05) is 30.3 Å². The first-order valence-corrected chi connectivity index (χ1v) is 12.3. The fourth-order valence-corrected chi connectivity index (χ4v) is 5.55. The molecule has 2 atom stereocenters. The van der Waals surface area contributed by atoms with Crippen molar-refractivity contribution in [2.24, 2.45) is 5.92 Å². The predicted octanol–water partition coefficient (Wildman–Crippen LogP) is 6.17. The summed E-state index contributed by atoms with van der Waals surface area (Å²) in [6, 6.07) is 23.4. The third kappa shape index (κ3) is 5.04. The molecule has 0 N–H and O–H groups in total. The van der Waals surface area contributed by atoms with Gasteiger partial charge in [-0.1, -0.05) is 29.4 Å². The second-order valence-corrected chi connectivity index (χ2v) is 10.2. The van der Waals surface area contributed by atoms with Crippen molar-refractivity contribution in [3.8, 4) is 23.5 Å². The fraction of sp³-hybridized carbons (Fsp3) is 0.267. The highest BCUT2D eigenvalue weighted by atomic mass is 19.1. The van der Waals surface area contributed by atoms with Gasteiger partial charge in [0.25, 0.3) is 0 Å². The number of rotatable bonds is 7. The Balaban J connectivity index is 1.47. The summed E-state index contributed by atoms with van der Waals surface area (Å²) in [7, 11) is 0. The van der Waals surface area contributed by atoms with Crippen LogP contribution in [0.25, 0.3) is 11.4 Å². The molecule has 1 fully saturated rings. The molecule has 1 saturated heterocycles. The zero-order chi connectivity index (χ0) is 26.9. The summed E-state index contributed by atoms with van der Waals surface area (Å²) in [6.45, 7) is 4.17. The van der Waals surface area contributed by atoms with Gasteiger partial charge in [-0.05, 0) is 78.9 Å². The molecule has 6 nitrogen and oxygen atoms in total. The third-order valence-electron chi connectivity index (χ3n) is 7.10. The summed E-state index contributed by atoms with van der Waals surface area (Å²) in [5, 5.41) is 22.5. The van der Waals surface area contributed by atoms with Gasteiger partial charge >= 0.3 is 0 Å². The summed E-state index contributed by atoms with van der Waals surface area (Å²) in [5.74, 6) is -0.909. The number of alkyl halides is 1. The molecule has 0 amide bonds. The Labute approximate surface area is 219 Å². The van der Waals surface area contributed by atoms with Gasteiger partial charge in [0.15, 0.2) is 0 Å². The summed E-state index contributed by atoms with van der Waals surface area (Å²) in [6.07, 6.45) is 1.17. The molecule has 190 valence electrons. The molecule has 2 unspecified atom stereocenters. The van der Waals surface area contributed by atoms with Crippen molar-refractivity contribution in [1.29, 1.82) is 10.5 Å². The zero-order valence-corrected chi connectivity index (χ0v) is 21.0. The molecule has 1 aromatic heterocycles. The number of nitrogens with zero attached hydrogens (tertiary/aromatic N) is 5. The molecule has 0 radical (unpaired) electrons. The normalized spacial score (nSPS) is 15.7. The highest BCUT2D eigenvalue weighted by Crippen LogP contribution is 2.46. The van der Waals surface area contributed by atoms with Crippen LogP contribution in [0.3, 0.4) is 0 Å². The lowest BCUT2D eigenvalue weighted by Crippen LogP contribution is -2.53. The summed E-state index contributed by atoms with van der Waals surface area (Å²) < 4.78 is 35.2. The van der Waals surface area contributed by atoms with Gasteiger partial charge in [-0.3, -0.25) is 4.90 Å². The van der Waals surface area contributed by atoms with Gasteiger partial charge in [-0.15, -0.1) is 0 Å². The van der Waals surface area contributed by atoms with Crippen LogP contribution in [0.1, 0.15) is 53.6 Å². The molecule has 1 aliphatic heterocycles. The van der Waals surface area contributed by atoms with Gasteiger partial charge in [0.2, 0.25) is 12.2 Å². The van der Waals surface area contributed by atoms with Gasteiger partial charge in [-0.2, -0.15) is 15.5 Å². The number of benzene rings is 3. The Bertz CT molecular complexity index is 1510. The molecule has 8 heteroatoms. The Morgan fingerprint density at radius 3 is 2.32 bits per heavy atom. The predicted molar refractivity (Wildman–Crippen MR) is 137 cm³/mol. The van der Waals surface area contributed by atoms with Gasteiger partial charge in [-0.25, -0.2) is 8.78 Å². The van der Waals surface area contributed by atoms with Crippen LogP contribution in [-0.2, 0) is 0 Å². The number of hydrogen-bond donors (Lipinski definition) is 0. The highest BCUT2D eigenvalue weighted by molar-refractivity contribution is 5.56. The molecule has 0 aliphatic carbocycles. The number of aromatic nitrogens is 2. The quantitative estimate of drug-likeness (QED) is 0.296. The Morgan fingerprint density at radius 1 is 0.947 bits per heavy atom. The number of halogens is 2. The van der Waals surface area contributed by atoms with E-state index in [2.05, 4.69) is 27.2 Å². The van der Waals surface area contributed by atoms with Crippen molar-refractivity contribution in [3.63, 3.8) is 0 Å².